The number of hydrogen-bond acceptors (Lipinski definition) is 4. The molecule has 1 N–H and O–H groups in total. The molecule has 7 heteroatoms. The summed E-state index contributed by atoms with van der Waals surface area (Å²) in [5, 5.41) is 8.36. The predicted octanol–water partition coefficient (Wildman–Crippen LogP) is -2.78. The van der Waals surface area contributed by atoms with Crippen molar-refractivity contribution in [2.24, 2.45) is 0 Å². The molecule has 0 rings (SSSR count). The molecule has 0 heterocycles. The lowest BCUT2D eigenvalue weighted by atomic mass is 10.5. The van der Waals surface area contributed by atoms with Gasteiger partial charge in [0.15, 0.2) is 0 Å². The molecule has 0 spiro atoms. The van der Waals surface area contributed by atoms with Crippen molar-refractivity contribution in [2.75, 3.05) is 67.3 Å². The van der Waals surface area contributed by atoms with Gasteiger partial charge in [0, 0.05) is 0 Å². The molecule has 0 aliphatic rings. The van der Waals surface area contributed by atoms with Crippen molar-refractivity contribution in [2.45, 2.75) is 6.42 Å². The van der Waals surface area contributed by atoms with Gasteiger partial charge in [-0.1, -0.05) is 0 Å². The van der Waals surface area contributed by atoms with E-state index >= 15 is 0 Å². The Morgan fingerprint density at radius 1 is 0.895 bits per heavy atom. The van der Waals surface area contributed by atoms with Gasteiger partial charge in [0.1, 0.15) is 6.54 Å². The van der Waals surface area contributed by atoms with Crippen LogP contribution in [0.5, 0.6) is 0 Å². The largest absolute Gasteiger partial charge is 1.00 e. The van der Waals surface area contributed by atoms with E-state index in [4.69, 9.17) is 19.3 Å². The number of hydrogen-bond donors (Lipinski definition) is 1. The van der Waals surface area contributed by atoms with Gasteiger partial charge in [-0.05, 0) is 0 Å². The quantitative estimate of drug-likeness (QED) is 0.312. The summed E-state index contributed by atoms with van der Waals surface area (Å²) in [7, 11) is 6.36. The highest BCUT2D eigenvalue weighted by molar-refractivity contribution is 5.66. The van der Waals surface area contributed by atoms with Gasteiger partial charge in [-0.2, -0.15) is 0 Å². The summed E-state index contributed by atoms with van der Waals surface area (Å²) in [6.45, 7) is 3.94. The first-order chi connectivity index (χ1) is 8.42. The van der Waals surface area contributed by atoms with Gasteiger partial charge in [-0.3, -0.25) is 4.79 Å². The third-order valence-corrected chi connectivity index (χ3v) is 2.11. The summed E-state index contributed by atoms with van der Waals surface area (Å²) in [5.41, 5.74) is 0. The average Bonchev–Trinajstić information content (AvgIpc) is 2.24. The molecule has 6 nitrogen and oxygen atoms in total. The average molecular weight is 300 g/mol. The smallest absolute Gasteiger partial charge is 0.305 e. The minimum atomic E-state index is -0.846. The third-order valence-electron chi connectivity index (χ3n) is 2.11. The number of carboxylic acid groups (broad SMARTS) is 1. The zero-order valence-corrected chi connectivity index (χ0v) is 12.8. The highest BCUT2D eigenvalue weighted by Gasteiger charge is 2.05. The van der Waals surface area contributed by atoms with Crippen LogP contribution in [-0.2, 0) is 19.0 Å². The van der Waals surface area contributed by atoms with Gasteiger partial charge in [-0.25, -0.2) is 0 Å². The first-order valence-corrected chi connectivity index (χ1v) is 6.17. The van der Waals surface area contributed by atoms with Crippen LogP contribution in [0.1, 0.15) is 6.42 Å². The van der Waals surface area contributed by atoms with Gasteiger partial charge in [0.2, 0.25) is 0 Å². The summed E-state index contributed by atoms with van der Waals surface area (Å²) >= 11 is 0. The Kier molecular flexibility index (Phi) is 13.9. The van der Waals surface area contributed by atoms with Crippen molar-refractivity contribution in [3.63, 3.8) is 0 Å². The lowest BCUT2D eigenvalue weighted by Crippen LogP contribution is -3.00. The third kappa shape index (κ3) is 20.1. The topological polar surface area (TPSA) is 65.0 Å². The Morgan fingerprint density at radius 3 is 1.74 bits per heavy atom. The van der Waals surface area contributed by atoms with Crippen molar-refractivity contribution in [1.29, 1.82) is 0 Å². The Labute approximate surface area is 121 Å². The fraction of sp³-hybridized carbons (Fsp3) is 0.917. The van der Waals surface area contributed by atoms with Crippen LogP contribution in [0.15, 0.2) is 0 Å². The predicted molar refractivity (Wildman–Crippen MR) is 67.6 cm³/mol. The van der Waals surface area contributed by atoms with Gasteiger partial charge in [-0.15, -0.1) is 0 Å². The lowest BCUT2D eigenvalue weighted by molar-refractivity contribution is -0.870. The number of halogens is 1. The fourth-order valence-corrected chi connectivity index (χ4v) is 1.04. The second-order valence-electron chi connectivity index (χ2n) is 4.99. The van der Waals surface area contributed by atoms with Crippen LogP contribution in [-0.4, -0.2) is 82.9 Å². The molecule has 0 aliphatic heterocycles. The highest BCUT2D eigenvalue weighted by atomic mass is 35.5. The minimum Gasteiger partial charge on any atom is -1.00 e. The summed E-state index contributed by atoms with van der Waals surface area (Å²) in [4.78, 5) is 10.2. The zero-order chi connectivity index (χ0) is 13.9. The fourth-order valence-electron chi connectivity index (χ4n) is 1.04. The Hall–Kier alpha value is -0.400. The molecule has 0 aromatic carbocycles. The molecule has 0 aromatic rings. The monoisotopic (exact) mass is 299 g/mol. The van der Waals surface area contributed by atoms with Gasteiger partial charge >= 0.3 is 5.97 Å². The maximum absolute atomic E-state index is 10.2. The van der Waals surface area contributed by atoms with Crippen LogP contribution in [0, 0.1) is 0 Å². The normalized spacial score (nSPS) is 11.1. The van der Waals surface area contributed by atoms with Crippen LogP contribution < -0.4 is 12.4 Å². The van der Waals surface area contributed by atoms with Gasteiger partial charge in [0.25, 0.3) is 0 Å². The highest BCUT2D eigenvalue weighted by Crippen LogP contribution is 1.89. The number of rotatable bonds is 12. The lowest BCUT2D eigenvalue weighted by Gasteiger charge is -2.23. The Balaban J connectivity index is 0. The Bertz CT molecular complexity index is 221. The van der Waals surface area contributed by atoms with E-state index in [0.29, 0.717) is 26.4 Å². The van der Waals surface area contributed by atoms with E-state index < -0.39 is 5.97 Å². The maximum Gasteiger partial charge on any atom is 0.305 e. The number of quaternary nitrogens is 1. The van der Waals surface area contributed by atoms with Gasteiger partial charge < -0.3 is 36.2 Å². The summed E-state index contributed by atoms with van der Waals surface area (Å²) in [6.07, 6.45) is 0.0359. The number of likely N-dealkylation sites (N-methyl/N-ethyl adjacent to an activating group) is 1. The van der Waals surface area contributed by atoms with Gasteiger partial charge in [0.05, 0.1) is 67.2 Å². The number of carbonyl (C=O) groups is 1. The molecule has 0 atom stereocenters. The Morgan fingerprint density at radius 2 is 1.32 bits per heavy atom. The molecule has 0 bridgehead atoms. The molecule has 0 amide bonds. The standard InChI is InChI=1S/C12H25NO5.ClH/c1-13(2,3)5-7-17-9-11-18-10-8-16-6-4-12(14)15;/h4-11H2,1-3H3;1H. The maximum atomic E-state index is 10.2. The van der Waals surface area contributed by atoms with Crippen molar-refractivity contribution in [3.8, 4) is 0 Å². The van der Waals surface area contributed by atoms with E-state index in [1.807, 2.05) is 0 Å². The van der Waals surface area contributed by atoms with E-state index in [0.717, 1.165) is 17.6 Å². The molecule has 0 radical (unpaired) electrons. The van der Waals surface area contributed by atoms with Crippen molar-refractivity contribution < 1.29 is 41.0 Å². The number of carboxylic acids is 1. The summed E-state index contributed by atoms with van der Waals surface area (Å²) in [5.74, 6) is -0.846. The second kappa shape index (κ2) is 12.6. The molecule has 116 valence electrons. The molecule has 0 saturated heterocycles. The molecule has 0 aromatic heterocycles. The molecule has 0 aliphatic carbocycles. The number of aliphatic carboxylic acids is 1. The van der Waals surface area contributed by atoms with Crippen LogP contribution in [0.25, 0.3) is 0 Å². The number of ether oxygens (including phenoxy) is 3. The van der Waals surface area contributed by atoms with Crippen LogP contribution >= 0.6 is 0 Å². The van der Waals surface area contributed by atoms with Crippen molar-refractivity contribution in [1.82, 2.24) is 0 Å². The molecule has 0 unspecified atom stereocenters. The molecular formula is C12H26ClNO5. The second-order valence-corrected chi connectivity index (χ2v) is 4.99. The SMILES string of the molecule is C[N+](C)(C)CCOCCOCCOCCC(=O)O.[Cl-]. The zero-order valence-electron chi connectivity index (χ0n) is 12.1. The first-order valence-electron chi connectivity index (χ1n) is 6.17. The van der Waals surface area contributed by atoms with E-state index in [-0.39, 0.29) is 25.4 Å². The molecule has 19 heavy (non-hydrogen) atoms. The number of nitrogens with zero attached hydrogens (tertiary/aromatic N) is 1. The van der Waals surface area contributed by atoms with E-state index in [1.54, 1.807) is 0 Å². The van der Waals surface area contributed by atoms with Crippen LogP contribution in [0.2, 0.25) is 0 Å². The van der Waals surface area contributed by atoms with E-state index in [9.17, 15) is 4.79 Å². The molecule has 0 saturated carbocycles. The van der Waals surface area contributed by atoms with Crippen LogP contribution in [0.4, 0.5) is 0 Å². The van der Waals surface area contributed by atoms with E-state index in [2.05, 4.69) is 21.1 Å². The van der Waals surface area contributed by atoms with Crippen molar-refractivity contribution in [3.05, 3.63) is 0 Å². The summed E-state index contributed by atoms with van der Waals surface area (Å²) < 4.78 is 16.6. The van der Waals surface area contributed by atoms with Crippen LogP contribution in [0.3, 0.4) is 0 Å². The van der Waals surface area contributed by atoms with Crippen molar-refractivity contribution >= 4 is 5.97 Å². The summed E-state index contributed by atoms with van der Waals surface area (Å²) in [6, 6.07) is 0. The minimum absolute atomic E-state index is 0. The van der Waals surface area contributed by atoms with E-state index in [1.165, 1.54) is 0 Å². The first kappa shape index (κ1) is 20.9. The molecular weight excluding hydrogens is 274 g/mol. The molecule has 0 fully saturated rings.